The lowest BCUT2D eigenvalue weighted by molar-refractivity contribution is 0.102. The molecular weight excluding hydrogens is 251 g/mol. The highest BCUT2D eigenvalue weighted by Crippen LogP contribution is 2.40. The molecule has 0 atom stereocenters. The van der Waals surface area contributed by atoms with Gasteiger partial charge in [0, 0.05) is 16.9 Å². The van der Waals surface area contributed by atoms with E-state index in [0.717, 1.165) is 5.69 Å². The number of aromatic nitrogens is 1. The highest BCUT2D eigenvalue weighted by molar-refractivity contribution is 7.14. The van der Waals surface area contributed by atoms with E-state index in [9.17, 15) is 9.18 Å². The van der Waals surface area contributed by atoms with E-state index >= 15 is 0 Å². The van der Waals surface area contributed by atoms with Crippen LogP contribution in [0.4, 0.5) is 9.52 Å². The highest BCUT2D eigenvalue weighted by Gasteiger charge is 2.26. The van der Waals surface area contributed by atoms with Crippen LogP contribution in [0.5, 0.6) is 0 Å². The van der Waals surface area contributed by atoms with Crippen molar-refractivity contribution in [3.05, 3.63) is 46.7 Å². The maximum Gasteiger partial charge on any atom is 0.257 e. The summed E-state index contributed by atoms with van der Waals surface area (Å²) < 4.78 is 13.0. The van der Waals surface area contributed by atoms with Crippen molar-refractivity contribution >= 4 is 22.4 Å². The molecule has 18 heavy (non-hydrogen) atoms. The summed E-state index contributed by atoms with van der Waals surface area (Å²) >= 11 is 1.41. The lowest BCUT2D eigenvalue weighted by Gasteiger charge is -2.01. The third kappa shape index (κ3) is 2.41. The molecule has 1 aliphatic rings. The molecule has 92 valence electrons. The topological polar surface area (TPSA) is 42.0 Å². The zero-order valence-electron chi connectivity index (χ0n) is 9.52. The average molecular weight is 262 g/mol. The van der Waals surface area contributed by atoms with Crippen LogP contribution in [0.15, 0.2) is 29.6 Å². The van der Waals surface area contributed by atoms with Crippen LogP contribution in [0, 0.1) is 5.82 Å². The van der Waals surface area contributed by atoms with Crippen molar-refractivity contribution in [3.8, 4) is 0 Å². The lowest BCUT2D eigenvalue weighted by atomic mass is 10.2. The Morgan fingerprint density at radius 1 is 1.44 bits per heavy atom. The molecule has 1 heterocycles. The van der Waals surface area contributed by atoms with Crippen molar-refractivity contribution in [1.29, 1.82) is 0 Å². The third-order valence-corrected chi connectivity index (χ3v) is 3.60. The van der Waals surface area contributed by atoms with Gasteiger partial charge in [0.1, 0.15) is 5.82 Å². The number of carbonyl (C=O) groups is 1. The van der Waals surface area contributed by atoms with Crippen molar-refractivity contribution < 1.29 is 9.18 Å². The second-order valence-electron chi connectivity index (χ2n) is 4.32. The fourth-order valence-electron chi connectivity index (χ4n) is 1.71. The third-order valence-electron chi connectivity index (χ3n) is 2.82. The normalized spacial score (nSPS) is 14.5. The number of thiazole rings is 1. The summed E-state index contributed by atoms with van der Waals surface area (Å²) in [5, 5.41) is 5.24. The minimum Gasteiger partial charge on any atom is -0.298 e. The minimum atomic E-state index is -0.416. The monoisotopic (exact) mass is 262 g/mol. The molecule has 3 rings (SSSR count). The van der Waals surface area contributed by atoms with Crippen molar-refractivity contribution in [3.63, 3.8) is 0 Å². The molecule has 3 nitrogen and oxygen atoms in total. The number of anilines is 1. The van der Waals surface area contributed by atoms with Gasteiger partial charge in [0.05, 0.1) is 5.69 Å². The van der Waals surface area contributed by atoms with Gasteiger partial charge >= 0.3 is 0 Å². The van der Waals surface area contributed by atoms with Gasteiger partial charge in [-0.1, -0.05) is 6.07 Å². The molecule has 1 amide bonds. The average Bonchev–Trinajstić information content (AvgIpc) is 3.11. The molecule has 1 fully saturated rings. The van der Waals surface area contributed by atoms with Crippen molar-refractivity contribution in [2.75, 3.05) is 5.32 Å². The molecular formula is C13H11FN2OS. The Balaban J connectivity index is 1.73. The fraction of sp³-hybridized carbons (Fsp3) is 0.231. The summed E-state index contributed by atoms with van der Waals surface area (Å²) in [5.74, 6) is -0.173. The first kappa shape index (κ1) is 11.3. The van der Waals surface area contributed by atoms with Gasteiger partial charge in [-0.05, 0) is 31.0 Å². The van der Waals surface area contributed by atoms with Gasteiger partial charge in [0.2, 0.25) is 0 Å². The van der Waals surface area contributed by atoms with Crippen molar-refractivity contribution in [2.45, 2.75) is 18.8 Å². The van der Waals surface area contributed by atoms with Crippen LogP contribution in [-0.2, 0) is 0 Å². The summed E-state index contributed by atoms with van der Waals surface area (Å²) in [6.07, 6.45) is 2.36. The molecule has 0 radical (unpaired) electrons. The summed E-state index contributed by atoms with van der Waals surface area (Å²) in [5.41, 5.74) is 1.35. The standard InChI is InChI=1S/C13H11FN2OS/c14-10-3-1-2-9(6-10)12(17)16-13-15-11(7-18-13)8-4-5-8/h1-3,6-8H,4-5H2,(H,15,16,17). The van der Waals surface area contributed by atoms with Gasteiger partial charge in [0.15, 0.2) is 5.13 Å². The van der Waals surface area contributed by atoms with Gasteiger partial charge in [-0.2, -0.15) is 0 Å². The number of amides is 1. The molecule has 1 aromatic heterocycles. The molecule has 0 bridgehead atoms. The van der Waals surface area contributed by atoms with Gasteiger partial charge < -0.3 is 0 Å². The molecule has 2 aromatic rings. The second kappa shape index (κ2) is 4.49. The number of nitrogens with zero attached hydrogens (tertiary/aromatic N) is 1. The Bertz CT molecular complexity index is 592. The van der Waals surface area contributed by atoms with Crippen molar-refractivity contribution in [1.82, 2.24) is 4.98 Å². The quantitative estimate of drug-likeness (QED) is 0.921. The van der Waals surface area contributed by atoms with E-state index in [4.69, 9.17) is 0 Å². The molecule has 1 aromatic carbocycles. The smallest absolute Gasteiger partial charge is 0.257 e. The van der Waals surface area contributed by atoms with E-state index in [0.29, 0.717) is 16.6 Å². The number of nitrogens with one attached hydrogen (secondary N) is 1. The van der Waals surface area contributed by atoms with E-state index in [1.54, 1.807) is 6.07 Å². The Morgan fingerprint density at radius 2 is 2.28 bits per heavy atom. The number of hydrogen-bond donors (Lipinski definition) is 1. The first-order valence-electron chi connectivity index (χ1n) is 5.75. The summed E-state index contributed by atoms with van der Waals surface area (Å²) in [6, 6.07) is 5.62. The number of halogens is 1. The number of rotatable bonds is 3. The second-order valence-corrected chi connectivity index (χ2v) is 5.17. The summed E-state index contributed by atoms with van der Waals surface area (Å²) in [6.45, 7) is 0. The molecule has 0 spiro atoms. The van der Waals surface area contributed by atoms with E-state index in [2.05, 4.69) is 10.3 Å². The maximum absolute atomic E-state index is 13.0. The fourth-order valence-corrected chi connectivity index (χ4v) is 2.50. The summed E-state index contributed by atoms with van der Waals surface area (Å²) in [7, 11) is 0. The zero-order valence-corrected chi connectivity index (χ0v) is 10.3. The van der Waals surface area contributed by atoms with Crippen molar-refractivity contribution in [2.24, 2.45) is 0 Å². The number of hydrogen-bond acceptors (Lipinski definition) is 3. The molecule has 0 aliphatic heterocycles. The van der Waals surface area contributed by atoms with Gasteiger partial charge in [-0.3, -0.25) is 10.1 Å². The molecule has 5 heteroatoms. The molecule has 1 N–H and O–H groups in total. The van der Waals surface area contributed by atoms with E-state index in [1.807, 2.05) is 5.38 Å². The maximum atomic E-state index is 13.0. The van der Waals surface area contributed by atoms with Crippen LogP contribution < -0.4 is 5.32 Å². The van der Waals surface area contributed by atoms with Gasteiger partial charge in [-0.25, -0.2) is 9.37 Å². The zero-order chi connectivity index (χ0) is 12.5. The SMILES string of the molecule is O=C(Nc1nc(C2CC2)cs1)c1cccc(F)c1. The Kier molecular flexibility index (Phi) is 2.83. The van der Waals surface area contributed by atoms with Gasteiger partial charge in [0.25, 0.3) is 5.91 Å². The first-order valence-corrected chi connectivity index (χ1v) is 6.63. The highest BCUT2D eigenvalue weighted by atomic mass is 32.1. The van der Waals surface area contributed by atoms with Crippen LogP contribution >= 0.6 is 11.3 Å². The largest absolute Gasteiger partial charge is 0.298 e. The molecule has 1 saturated carbocycles. The van der Waals surface area contributed by atoms with E-state index in [-0.39, 0.29) is 5.91 Å². The minimum absolute atomic E-state index is 0.304. The van der Waals surface area contributed by atoms with E-state index in [1.165, 1.54) is 42.4 Å². The van der Waals surface area contributed by atoms with E-state index < -0.39 is 5.82 Å². The Hall–Kier alpha value is -1.75. The predicted octanol–water partition coefficient (Wildman–Crippen LogP) is 3.41. The summed E-state index contributed by atoms with van der Waals surface area (Å²) in [4.78, 5) is 16.2. The van der Waals surface area contributed by atoms with Crippen LogP contribution in [0.25, 0.3) is 0 Å². The van der Waals surface area contributed by atoms with Crippen LogP contribution in [0.3, 0.4) is 0 Å². The lowest BCUT2D eigenvalue weighted by Crippen LogP contribution is -2.11. The predicted molar refractivity (Wildman–Crippen MR) is 68.4 cm³/mol. The van der Waals surface area contributed by atoms with Crippen LogP contribution in [0.1, 0.15) is 34.8 Å². The number of carbonyl (C=O) groups excluding carboxylic acids is 1. The molecule has 1 aliphatic carbocycles. The van der Waals surface area contributed by atoms with Crippen LogP contribution in [0.2, 0.25) is 0 Å². The number of benzene rings is 1. The molecule has 0 unspecified atom stereocenters. The first-order chi connectivity index (χ1) is 8.72. The Labute approximate surface area is 108 Å². The van der Waals surface area contributed by atoms with Crippen LogP contribution in [-0.4, -0.2) is 10.9 Å². The Morgan fingerprint density at radius 3 is 3.00 bits per heavy atom. The van der Waals surface area contributed by atoms with Gasteiger partial charge in [-0.15, -0.1) is 11.3 Å². The molecule has 0 saturated heterocycles.